The van der Waals surface area contributed by atoms with E-state index < -0.39 is 8.07 Å². The van der Waals surface area contributed by atoms with Crippen LogP contribution in [0.25, 0.3) is 0 Å². The molecule has 0 nitrogen and oxygen atoms in total. The highest BCUT2D eigenvalue weighted by molar-refractivity contribution is 8.04. The summed E-state index contributed by atoms with van der Waals surface area (Å²) in [5.41, 5.74) is 0. The molecule has 0 saturated heterocycles. The Hall–Kier alpha value is 0.657. The Balaban J connectivity index is 4.16. The van der Waals surface area contributed by atoms with Gasteiger partial charge in [0.2, 0.25) is 0 Å². The second-order valence-corrected chi connectivity index (χ2v) is 10.6. The summed E-state index contributed by atoms with van der Waals surface area (Å²) in [4.78, 5) is 0. The fraction of sp³-hybridized carbons (Fsp3) is 0.750. The van der Waals surface area contributed by atoms with Gasteiger partial charge in [-0.2, -0.15) is 11.8 Å². The topological polar surface area (TPSA) is 0 Å². The first kappa shape index (κ1) is 11.7. The Morgan fingerprint density at radius 3 is 2.09 bits per heavy atom. The van der Waals surface area contributed by atoms with Crippen LogP contribution in [0.5, 0.6) is 0 Å². The molecule has 66 valence electrons. The predicted molar refractivity (Wildman–Crippen MR) is 63.3 cm³/mol. The molecule has 0 heterocycles. The molecule has 0 fully saturated rings. The van der Waals surface area contributed by atoms with Crippen LogP contribution in [-0.4, -0.2) is 26.3 Å². The maximum absolute atomic E-state index is 2.40. The smallest absolute Gasteiger partial charge is 0.0853 e. The van der Waals surface area contributed by atoms with E-state index in [0.717, 1.165) is 0 Å². The molecular weight excluding hydrogens is 188 g/mol. The second kappa shape index (κ2) is 5.33. The van der Waals surface area contributed by atoms with Gasteiger partial charge in [-0.05, 0) is 17.0 Å². The van der Waals surface area contributed by atoms with Gasteiger partial charge in [0, 0.05) is 5.75 Å². The van der Waals surface area contributed by atoms with Crippen molar-refractivity contribution < 1.29 is 0 Å². The summed E-state index contributed by atoms with van der Waals surface area (Å²) in [5.74, 6) is 1.17. The van der Waals surface area contributed by atoms with Crippen LogP contribution in [0.4, 0.5) is 0 Å². The summed E-state index contributed by atoms with van der Waals surface area (Å²) in [7, 11) is -1.01. The summed E-state index contributed by atoms with van der Waals surface area (Å²) in [6, 6.07) is 0. The summed E-state index contributed by atoms with van der Waals surface area (Å²) >= 11 is 3.82. The zero-order valence-corrected chi connectivity index (χ0v) is 10.7. The van der Waals surface area contributed by atoms with Gasteiger partial charge >= 0.3 is 0 Å². The third kappa shape index (κ3) is 4.99. The van der Waals surface area contributed by atoms with Crippen molar-refractivity contribution in [3.8, 4) is 0 Å². The van der Waals surface area contributed by atoms with Crippen LogP contribution >= 0.6 is 23.5 Å². The average Bonchev–Trinajstić information content (AvgIpc) is 1.87. The molecule has 0 aliphatic rings. The lowest BCUT2D eigenvalue weighted by Gasteiger charge is -2.18. The van der Waals surface area contributed by atoms with Gasteiger partial charge in [-0.25, -0.2) is 0 Å². The molecule has 0 aromatic heterocycles. The van der Waals surface area contributed by atoms with E-state index in [0.29, 0.717) is 0 Å². The quantitative estimate of drug-likeness (QED) is 0.646. The van der Waals surface area contributed by atoms with Crippen LogP contribution in [0, 0.1) is 0 Å². The minimum Gasteiger partial charge on any atom is -0.161 e. The zero-order valence-electron chi connectivity index (χ0n) is 8.10. The Kier molecular flexibility index (Phi) is 5.65. The van der Waals surface area contributed by atoms with E-state index in [1.165, 1.54) is 5.75 Å². The van der Waals surface area contributed by atoms with Crippen molar-refractivity contribution in [2.45, 2.75) is 19.6 Å². The molecular formula is C8H18S2Si. The fourth-order valence-electron chi connectivity index (χ4n) is 0.855. The van der Waals surface area contributed by atoms with Crippen LogP contribution in [0.3, 0.4) is 0 Å². The highest BCUT2D eigenvalue weighted by Gasteiger charge is 2.17. The molecule has 0 bridgehead atoms. The molecule has 0 unspecified atom stereocenters. The first-order valence-corrected chi connectivity index (χ1v) is 9.87. The molecule has 0 aliphatic carbocycles. The first-order chi connectivity index (χ1) is 5.02. The van der Waals surface area contributed by atoms with E-state index >= 15 is 0 Å². The molecule has 0 saturated carbocycles. The summed E-state index contributed by atoms with van der Waals surface area (Å²) in [6.07, 6.45) is 6.73. The van der Waals surface area contributed by atoms with Crippen LogP contribution in [0.15, 0.2) is 10.6 Å². The normalized spacial score (nSPS) is 13.7. The Bertz CT molecular complexity index is 136. The molecule has 11 heavy (non-hydrogen) atoms. The Labute approximate surface area is 80.2 Å². The highest BCUT2D eigenvalue weighted by atomic mass is 32.2. The van der Waals surface area contributed by atoms with E-state index in [2.05, 4.69) is 38.2 Å². The van der Waals surface area contributed by atoms with E-state index in [9.17, 15) is 0 Å². The molecule has 0 aliphatic heterocycles. The van der Waals surface area contributed by atoms with Crippen molar-refractivity contribution in [1.29, 1.82) is 0 Å². The first-order valence-electron chi connectivity index (χ1n) is 3.76. The van der Waals surface area contributed by atoms with E-state index in [4.69, 9.17) is 0 Å². The molecule has 0 N–H and O–H groups in total. The second-order valence-electron chi connectivity index (χ2n) is 3.48. The van der Waals surface area contributed by atoms with Crippen LogP contribution < -0.4 is 0 Å². The lowest BCUT2D eigenvalue weighted by molar-refractivity contribution is 1.68. The third-order valence-electron chi connectivity index (χ3n) is 1.39. The zero-order chi connectivity index (χ0) is 8.91. The number of hydrogen-bond donors (Lipinski definition) is 0. The van der Waals surface area contributed by atoms with Crippen molar-refractivity contribution in [2.75, 3.05) is 18.3 Å². The van der Waals surface area contributed by atoms with Gasteiger partial charge in [-0.1, -0.05) is 25.7 Å². The summed E-state index contributed by atoms with van der Waals surface area (Å²) in [5, 5.41) is 0. The van der Waals surface area contributed by atoms with Crippen molar-refractivity contribution in [3.63, 3.8) is 0 Å². The van der Waals surface area contributed by atoms with E-state index in [1.54, 1.807) is 4.53 Å². The lowest BCUT2D eigenvalue weighted by Crippen LogP contribution is -2.22. The van der Waals surface area contributed by atoms with Gasteiger partial charge in [0.15, 0.2) is 0 Å². The third-order valence-corrected chi connectivity index (χ3v) is 6.63. The number of hydrogen-bond acceptors (Lipinski definition) is 2. The highest BCUT2D eigenvalue weighted by Crippen LogP contribution is 2.24. The maximum atomic E-state index is 2.40. The predicted octanol–water partition coefficient (Wildman–Crippen LogP) is 3.47. The molecule has 0 amide bonds. The Morgan fingerprint density at radius 2 is 1.82 bits per heavy atom. The molecule has 3 heteroatoms. The standard InChI is InChI=1S/C8H18S2Si/c1-9-7-6-8(10-2)11(3,4)5/h6H,7H2,1-5H3/b8-6+. The van der Waals surface area contributed by atoms with Gasteiger partial charge in [-0.15, -0.1) is 11.8 Å². The van der Waals surface area contributed by atoms with Crippen LogP contribution in [0.1, 0.15) is 0 Å². The van der Waals surface area contributed by atoms with E-state index in [1.807, 2.05) is 23.5 Å². The number of thioether (sulfide) groups is 2. The van der Waals surface area contributed by atoms with Crippen molar-refractivity contribution in [3.05, 3.63) is 10.6 Å². The van der Waals surface area contributed by atoms with Gasteiger partial charge < -0.3 is 0 Å². The monoisotopic (exact) mass is 206 g/mol. The Morgan fingerprint density at radius 1 is 1.27 bits per heavy atom. The van der Waals surface area contributed by atoms with Crippen molar-refractivity contribution >= 4 is 31.6 Å². The average molecular weight is 206 g/mol. The molecule has 0 atom stereocenters. The van der Waals surface area contributed by atoms with Gasteiger partial charge in [0.1, 0.15) is 0 Å². The molecule has 0 aromatic carbocycles. The largest absolute Gasteiger partial charge is 0.161 e. The molecule has 0 radical (unpaired) electrons. The summed E-state index contributed by atoms with van der Waals surface area (Å²) < 4.78 is 1.63. The minimum atomic E-state index is -1.01. The minimum absolute atomic E-state index is 1.01. The SMILES string of the molecule is CSC/C=C(\SC)[Si](C)(C)C. The van der Waals surface area contributed by atoms with Gasteiger partial charge in [-0.3, -0.25) is 0 Å². The van der Waals surface area contributed by atoms with Crippen molar-refractivity contribution in [2.24, 2.45) is 0 Å². The molecule has 0 rings (SSSR count). The fourth-order valence-corrected chi connectivity index (χ4v) is 4.86. The number of rotatable bonds is 4. The summed E-state index contributed by atoms with van der Waals surface area (Å²) in [6.45, 7) is 7.20. The molecule has 0 spiro atoms. The van der Waals surface area contributed by atoms with Crippen molar-refractivity contribution in [1.82, 2.24) is 0 Å². The van der Waals surface area contributed by atoms with Crippen LogP contribution in [0.2, 0.25) is 19.6 Å². The van der Waals surface area contributed by atoms with Crippen LogP contribution in [-0.2, 0) is 0 Å². The lowest BCUT2D eigenvalue weighted by atomic mass is 10.8. The van der Waals surface area contributed by atoms with Gasteiger partial charge in [0.25, 0.3) is 0 Å². The van der Waals surface area contributed by atoms with Gasteiger partial charge in [0.05, 0.1) is 8.07 Å². The van der Waals surface area contributed by atoms with E-state index in [-0.39, 0.29) is 0 Å². The molecule has 0 aromatic rings. The maximum Gasteiger partial charge on any atom is 0.0853 e.